The van der Waals surface area contributed by atoms with E-state index in [1.165, 1.54) is 29.9 Å². The van der Waals surface area contributed by atoms with E-state index in [0.29, 0.717) is 0 Å². The Morgan fingerprint density at radius 2 is 2.25 bits per heavy atom. The van der Waals surface area contributed by atoms with E-state index >= 15 is 0 Å². The van der Waals surface area contributed by atoms with Gasteiger partial charge in [-0.15, -0.1) is 0 Å². The fourth-order valence-corrected chi connectivity index (χ4v) is 2.24. The molecule has 0 unspecified atom stereocenters. The fourth-order valence-electron chi connectivity index (χ4n) is 2.24. The second-order valence-corrected chi connectivity index (χ2v) is 4.57. The first-order valence-corrected chi connectivity index (χ1v) is 5.87. The molecule has 2 nitrogen and oxygen atoms in total. The molecule has 1 fully saturated rings. The summed E-state index contributed by atoms with van der Waals surface area (Å²) in [4.78, 5) is 2.43. The number of hydrogen-bond donors (Lipinski definition) is 1. The van der Waals surface area contributed by atoms with Crippen LogP contribution in [0.5, 0.6) is 0 Å². The molecule has 0 aliphatic carbocycles. The lowest BCUT2D eigenvalue weighted by Gasteiger charge is -2.41. The molecule has 1 aliphatic rings. The Morgan fingerprint density at radius 3 is 2.88 bits per heavy atom. The second-order valence-electron chi connectivity index (χ2n) is 4.57. The van der Waals surface area contributed by atoms with Gasteiger partial charge in [0.1, 0.15) is 0 Å². The minimum absolute atomic E-state index is 0.804. The number of rotatable bonds is 4. The second kappa shape index (κ2) is 4.71. The summed E-state index contributed by atoms with van der Waals surface area (Å²) in [5.41, 5.74) is 3.87. The summed E-state index contributed by atoms with van der Waals surface area (Å²) in [5.74, 6) is 0.804. The van der Waals surface area contributed by atoms with E-state index in [-0.39, 0.29) is 0 Å². The topological polar surface area (TPSA) is 15.3 Å². The fraction of sp³-hybridized carbons (Fsp3) is 0.429. The van der Waals surface area contributed by atoms with Crippen LogP contribution in [0.1, 0.15) is 11.1 Å². The maximum absolute atomic E-state index is 3.85. The number of benzene rings is 1. The highest BCUT2D eigenvalue weighted by atomic mass is 15.2. The Morgan fingerprint density at radius 1 is 1.50 bits per heavy atom. The van der Waals surface area contributed by atoms with E-state index in [2.05, 4.69) is 41.9 Å². The van der Waals surface area contributed by atoms with Crippen LogP contribution in [0.25, 0.3) is 6.08 Å². The Labute approximate surface area is 98.0 Å². The minimum Gasteiger partial charge on any atom is -0.371 e. The zero-order valence-electron chi connectivity index (χ0n) is 10.2. The van der Waals surface area contributed by atoms with Crippen molar-refractivity contribution in [1.29, 1.82) is 0 Å². The van der Waals surface area contributed by atoms with Gasteiger partial charge in [-0.05, 0) is 37.2 Å². The zero-order chi connectivity index (χ0) is 11.5. The Kier molecular flexibility index (Phi) is 3.30. The van der Waals surface area contributed by atoms with Crippen molar-refractivity contribution in [2.75, 3.05) is 31.6 Å². The summed E-state index contributed by atoms with van der Waals surface area (Å²) < 4.78 is 0. The summed E-state index contributed by atoms with van der Waals surface area (Å²) in [5, 5.41) is 3.23. The lowest BCUT2D eigenvalue weighted by atomic mass is 9.98. The van der Waals surface area contributed by atoms with Gasteiger partial charge in [0.15, 0.2) is 0 Å². The van der Waals surface area contributed by atoms with Crippen molar-refractivity contribution < 1.29 is 0 Å². The van der Waals surface area contributed by atoms with Crippen LogP contribution in [-0.4, -0.2) is 26.7 Å². The van der Waals surface area contributed by atoms with Gasteiger partial charge in [0.25, 0.3) is 0 Å². The molecule has 0 aromatic heterocycles. The predicted octanol–water partition coefficient (Wildman–Crippen LogP) is 2.29. The van der Waals surface area contributed by atoms with E-state index in [1.54, 1.807) is 0 Å². The molecule has 0 atom stereocenters. The van der Waals surface area contributed by atoms with Crippen LogP contribution in [-0.2, 0) is 0 Å². The first-order chi connectivity index (χ1) is 7.74. The third kappa shape index (κ3) is 2.12. The Hall–Kier alpha value is -1.28. The highest BCUT2D eigenvalue weighted by Gasteiger charge is 2.26. The predicted molar refractivity (Wildman–Crippen MR) is 70.9 cm³/mol. The van der Waals surface area contributed by atoms with Gasteiger partial charge < -0.3 is 10.2 Å². The maximum atomic E-state index is 3.85. The molecule has 1 aromatic carbocycles. The smallest absolute Gasteiger partial charge is 0.0372 e. The molecule has 86 valence electrons. The average Bonchev–Trinajstić information content (AvgIpc) is 2.24. The molecule has 0 saturated carbocycles. The van der Waals surface area contributed by atoms with Gasteiger partial charge in [0.2, 0.25) is 0 Å². The highest BCUT2D eigenvalue weighted by molar-refractivity contribution is 5.61. The average molecular weight is 216 g/mol. The van der Waals surface area contributed by atoms with Crippen LogP contribution in [0.4, 0.5) is 5.69 Å². The number of nitrogens with zero attached hydrogens (tertiary/aromatic N) is 1. The van der Waals surface area contributed by atoms with Gasteiger partial charge in [0.05, 0.1) is 0 Å². The number of nitrogens with one attached hydrogen (secondary N) is 1. The molecule has 16 heavy (non-hydrogen) atoms. The molecular formula is C14H20N2. The molecule has 1 aliphatic heterocycles. The molecule has 1 aromatic rings. The molecule has 2 rings (SSSR count). The number of anilines is 1. The van der Waals surface area contributed by atoms with Crippen LogP contribution in [0.15, 0.2) is 24.8 Å². The van der Waals surface area contributed by atoms with Gasteiger partial charge in [-0.2, -0.15) is 0 Å². The largest absolute Gasteiger partial charge is 0.371 e. The molecule has 0 radical (unpaired) electrons. The molecule has 0 bridgehead atoms. The van der Waals surface area contributed by atoms with Gasteiger partial charge in [0, 0.05) is 31.2 Å². The number of aryl methyl sites for hydroxylation is 1. The molecule has 1 heterocycles. The molecule has 0 amide bonds. The van der Waals surface area contributed by atoms with Crippen LogP contribution in [0.3, 0.4) is 0 Å². The van der Waals surface area contributed by atoms with E-state index in [4.69, 9.17) is 0 Å². The van der Waals surface area contributed by atoms with Crippen LogP contribution in [0, 0.1) is 12.8 Å². The van der Waals surface area contributed by atoms with Gasteiger partial charge >= 0.3 is 0 Å². The van der Waals surface area contributed by atoms with E-state index in [1.807, 2.05) is 13.1 Å². The normalized spacial score (nSPS) is 16.0. The van der Waals surface area contributed by atoms with E-state index in [9.17, 15) is 0 Å². The lowest BCUT2D eigenvalue weighted by Crippen LogP contribution is -2.50. The maximum Gasteiger partial charge on any atom is 0.0372 e. The SMILES string of the molecule is C=Cc1cc(N2CC(CNC)C2)ccc1C. The highest BCUT2D eigenvalue weighted by Crippen LogP contribution is 2.26. The molecule has 0 spiro atoms. The van der Waals surface area contributed by atoms with Gasteiger partial charge in [-0.3, -0.25) is 0 Å². The monoisotopic (exact) mass is 216 g/mol. The molecular weight excluding hydrogens is 196 g/mol. The van der Waals surface area contributed by atoms with Crippen molar-refractivity contribution >= 4 is 11.8 Å². The summed E-state index contributed by atoms with van der Waals surface area (Å²) in [6.07, 6.45) is 1.93. The quantitative estimate of drug-likeness (QED) is 0.830. The summed E-state index contributed by atoms with van der Waals surface area (Å²) in [7, 11) is 2.02. The van der Waals surface area contributed by atoms with Crippen LogP contribution in [0.2, 0.25) is 0 Å². The van der Waals surface area contributed by atoms with Crippen molar-refractivity contribution in [3.63, 3.8) is 0 Å². The third-order valence-corrected chi connectivity index (χ3v) is 3.30. The van der Waals surface area contributed by atoms with Gasteiger partial charge in [-0.1, -0.05) is 18.7 Å². The van der Waals surface area contributed by atoms with Crippen molar-refractivity contribution in [1.82, 2.24) is 5.32 Å². The molecule has 1 N–H and O–H groups in total. The first kappa shape index (κ1) is 11.2. The van der Waals surface area contributed by atoms with Gasteiger partial charge in [-0.25, -0.2) is 0 Å². The lowest BCUT2D eigenvalue weighted by molar-refractivity contribution is 0.397. The van der Waals surface area contributed by atoms with Crippen LogP contribution < -0.4 is 10.2 Å². The molecule has 2 heteroatoms. The van der Waals surface area contributed by atoms with E-state index in [0.717, 1.165) is 12.5 Å². The Balaban J connectivity index is 2.04. The third-order valence-electron chi connectivity index (χ3n) is 3.30. The summed E-state index contributed by atoms with van der Waals surface area (Å²) in [6.45, 7) is 9.43. The van der Waals surface area contributed by atoms with Crippen LogP contribution >= 0.6 is 0 Å². The van der Waals surface area contributed by atoms with Crippen molar-refractivity contribution in [3.05, 3.63) is 35.9 Å². The van der Waals surface area contributed by atoms with Crippen molar-refractivity contribution in [2.45, 2.75) is 6.92 Å². The zero-order valence-corrected chi connectivity index (χ0v) is 10.2. The minimum atomic E-state index is 0.804. The Bertz CT molecular complexity index is 378. The summed E-state index contributed by atoms with van der Waals surface area (Å²) >= 11 is 0. The van der Waals surface area contributed by atoms with E-state index < -0.39 is 0 Å². The van der Waals surface area contributed by atoms with Crippen molar-refractivity contribution in [3.8, 4) is 0 Å². The molecule has 1 saturated heterocycles. The van der Waals surface area contributed by atoms with Crippen molar-refractivity contribution in [2.24, 2.45) is 5.92 Å². The summed E-state index contributed by atoms with van der Waals surface area (Å²) in [6, 6.07) is 6.62. The number of hydrogen-bond acceptors (Lipinski definition) is 2. The first-order valence-electron chi connectivity index (χ1n) is 5.87. The standard InChI is InChI=1S/C14H20N2/c1-4-13-7-14(6-5-11(13)2)16-9-12(10-16)8-15-3/h4-7,12,15H,1,8-10H2,2-3H3.